The van der Waals surface area contributed by atoms with Crippen LogP contribution in [0.25, 0.3) is 0 Å². The van der Waals surface area contributed by atoms with Gasteiger partial charge in [0.1, 0.15) is 5.82 Å². The smallest absolute Gasteiger partial charge is 0.278 e. The van der Waals surface area contributed by atoms with E-state index >= 15 is 0 Å². The summed E-state index contributed by atoms with van der Waals surface area (Å²) >= 11 is 0. The Hall–Kier alpha value is -3.64. The highest BCUT2D eigenvalue weighted by Crippen LogP contribution is 2.43. The number of pyridine rings is 1. The van der Waals surface area contributed by atoms with Crippen LogP contribution >= 0.6 is 0 Å². The Labute approximate surface area is 204 Å². The topological polar surface area (TPSA) is 130 Å². The van der Waals surface area contributed by atoms with Crippen LogP contribution in [0.1, 0.15) is 41.6 Å². The summed E-state index contributed by atoms with van der Waals surface area (Å²) in [6.45, 7) is 2.06. The van der Waals surface area contributed by atoms with Crippen molar-refractivity contribution in [2.24, 2.45) is 7.05 Å². The van der Waals surface area contributed by atoms with Crippen LogP contribution in [0.5, 0.6) is 0 Å². The molecule has 0 bridgehead atoms. The third-order valence-electron chi connectivity index (χ3n) is 5.61. The number of anilines is 5. The molecule has 0 saturated heterocycles. The van der Waals surface area contributed by atoms with Gasteiger partial charge < -0.3 is 10.6 Å². The second kappa shape index (κ2) is 9.92. The zero-order valence-electron chi connectivity index (χ0n) is 20.1. The molecule has 1 aliphatic carbocycles. The Bertz CT molecular complexity index is 1340. The van der Waals surface area contributed by atoms with Crippen LogP contribution in [0, 0.1) is 0 Å². The molecule has 2 aromatic heterocycles. The summed E-state index contributed by atoms with van der Waals surface area (Å²) in [5.74, 6) is 0.433. The molecule has 0 radical (unpaired) electrons. The molecule has 1 aromatic carbocycles. The molecule has 186 valence electrons. The van der Waals surface area contributed by atoms with Crippen LogP contribution in [0.15, 0.2) is 42.9 Å². The monoisotopic (exact) mass is 499 g/mol. The zero-order chi connectivity index (χ0) is 25.2. The maximum Gasteiger partial charge on any atom is 0.278 e. The van der Waals surface area contributed by atoms with E-state index in [1.54, 1.807) is 37.1 Å². The van der Waals surface area contributed by atoms with E-state index in [0.29, 0.717) is 35.4 Å². The number of hydrogen-bond donors (Lipinski definition) is 3. The molecule has 3 aromatic rings. The van der Waals surface area contributed by atoms with Crippen LogP contribution < -0.4 is 20.4 Å². The zero-order valence-corrected chi connectivity index (χ0v) is 20.9. The highest BCUT2D eigenvalue weighted by molar-refractivity contribution is 7.92. The Morgan fingerprint density at radius 1 is 1.20 bits per heavy atom. The van der Waals surface area contributed by atoms with Gasteiger partial charge in [0.25, 0.3) is 5.91 Å². The molecular formula is C23H29N7O4S. The molecule has 1 amide bonds. The average Bonchev–Trinajstić information content (AvgIpc) is 3.59. The summed E-state index contributed by atoms with van der Waals surface area (Å²) in [5, 5.41) is 10.5. The molecule has 4 rings (SSSR count). The Morgan fingerprint density at radius 2 is 1.97 bits per heavy atom. The minimum absolute atomic E-state index is 0.231. The molecule has 1 fully saturated rings. The first-order valence-corrected chi connectivity index (χ1v) is 13.0. The number of carbonyl (C=O) groups is 1. The van der Waals surface area contributed by atoms with Crippen molar-refractivity contribution in [2.45, 2.75) is 25.7 Å². The number of aryl methyl sites for hydroxylation is 1. The van der Waals surface area contributed by atoms with Gasteiger partial charge in [-0.05, 0) is 43.4 Å². The fraction of sp³-hybridized carbons (Fsp3) is 0.348. The van der Waals surface area contributed by atoms with Crippen molar-refractivity contribution in [3.05, 3.63) is 54.0 Å². The first kappa shape index (κ1) is 24.5. The van der Waals surface area contributed by atoms with E-state index in [1.165, 1.54) is 17.5 Å². The van der Waals surface area contributed by atoms with Gasteiger partial charge in [-0.1, -0.05) is 6.07 Å². The van der Waals surface area contributed by atoms with Crippen molar-refractivity contribution in [1.82, 2.24) is 20.2 Å². The van der Waals surface area contributed by atoms with E-state index in [9.17, 15) is 13.2 Å². The molecule has 1 aliphatic rings. The van der Waals surface area contributed by atoms with Crippen molar-refractivity contribution in [1.29, 1.82) is 0 Å². The molecule has 1 saturated carbocycles. The third-order valence-corrected chi connectivity index (χ3v) is 6.80. The van der Waals surface area contributed by atoms with Crippen LogP contribution in [0.2, 0.25) is 0 Å². The minimum Gasteiger partial charge on any atom is -0.353 e. The van der Waals surface area contributed by atoms with E-state index in [-0.39, 0.29) is 5.56 Å². The number of sulfonamides is 1. The van der Waals surface area contributed by atoms with Crippen molar-refractivity contribution in [3.63, 3.8) is 0 Å². The summed E-state index contributed by atoms with van der Waals surface area (Å²) < 4.78 is 27.6. The molecule has 35 heavy (non-hydrogen) atoms. The van der Waals surface area contributed by atoms with Gasteiger partial charge >= 0.3 is 0 Å². The van der Waals surface area contributed by atoms with Crippen LogP contribution in [0.4, 0.5) is 28.6 Å². The van der Waals surface area contributed by atoms with E-state index in [2.05, 4.69) is 26.2 Å². The molecule has 0 spiro atoms. The normalized spacial score (nSPS) is 13.4. The maximum atomic E-state index is 12.8. The fourth-order valence-corrected chi connectivity index (χ4v) is 4.05. The lowest BCUT2D eigenvalue weighted by atomic mass is 10.1. The van der Waals surface area contributed by atoms with Crippen molar-refractivity contribution in [2.75, 3.05) is 34.8 Å². The van der Waals surface area contributed by atoms with E-state index < -0.39 is 15.9 Å². The summed E-state index contributed by atoms with van der Waals surface area (Å²) in [6, 6.07) is 7.38. The highest BCUT2D eigenvalue weighted by Gasteiger charge is 2.26. The molecule has 0 atom stereocenters. The Kier molecular flexibility index (Phi) is 6.94. The van der Waals surface area contributed by atoms with Gasteiger partial charge in [-0.25, -0.2) is 18.9 Å². The predicted molar refractivity (Wildman–Crippen MR) is 135 cm³/mol. The number of carbonyl (C=O) groups excluding carboxylic acids is 1. The molecule has 2 heterocycles. The van der Waals surface area contributed by atoms with Crippen LogP contribution in [-0.4, -0.2) is 49.0 Å². The summed E-state index contributed by atoms with van der Waals surface area (Å²) in [6.07, 6.45) is 8.20. The second-order valence-electron chi connectivity index (χ2n) is 8.41. The lowest BCUT2D eigenvalue weighted by Crippen LogP contribution is -2.26. The minimum atomic E-state index is -3.52. The Balaban J connectivity index is 1.73. The number of aromatic nitrogens is 3. The van der Waals surface area contributed by atoms with Gasteiger partial charge in [-0.15, -0.1) is 0 Å². The lowest BCUT2D eigenvalue weighted by Gasteiger charge is -2.23. The largest absolute Gasteiger partial charge is 0.353 e. The molecule has 11 nitrogen and oxygen atoms in total. The second-order valence-corrected chi connectivity index (χ2v) is 10.4. The molecular weight excluding hydrogens is 470 g/mol. The van der Waals surface area contributed by atoms with Gasteiger partial charge in [0, 0.05) is 32.6 Å². The fourth-order valence-electron chi connectivity index (χ4n) is 3.54. The van der Waals surface area contributed by atoms with Gasteiger partial charge in [0.2, 0.25) is 10.0 Å². The van der Waals surface area contributed by atoms with Gasteiger partial charge in [-0.2, -0.15) is 5.10 Å². The van der Waals surface area contributed by atoms with Gasteiger partial charge in [0.05, 0.1) is 47.4 Å². The number of nitrogens with one attached hydrogen (secondary N) is 3. The highest BCUT2D eigenvalue weighted by atomic mass is 32.2. The van der Waals surface area contributed by atoms with Gasteiger partial charge in [-0.3, -0.25) is 18.6 Å². The number of hydroxylamine groups is 1. The van der Waals surface area contributed by atoms with Crippen LogP contribution in [0.3, 0.4) is 0 Å². The lowest BCUT2D eigenvalue weighted by molar-refractivity contribution is 0.0365. The third kappa shape index (κ3) is 5.89. The summed E-state index contributed by atoms with van der Waals surface area (Å²) in [5.41, 5.74) is 5.87. The maximum absolute atomic E-state index is 12.8. The van der Waals surface area contributed by atoms with Crippen molar-refractivity contribution >= 4 is 44.5 Å². The molecule has 3 N–H and O–H groups in total. The summed E-state index contributed by atoms with van der Waals surface area (Å²) in [4.78, 5) is 22.2. The standard InChI is InChI=1S/C23H29N7O4S/c1-5-34-28-23(31)18-13-24-22(26-17-12-25-29(2)14-17)11-20(18)27-19-9-8-16(15-6-7-15)10-21(19)30(3)35(4,32)33/h8-15H,5-7H2,1-4H3,(H,28,31)(H2,24,26,27). The number of hydrogen-bond acceptors (Lipinski definition) is 8. The quantitative estimate of drug-likeness (QED) is 0.363. The van der Waals surface area contributed by atoms with Crippen LogP contribution in [-0.2, 0) is 21.9 Å². The number of rotatable bonds is 10. The van der Waals surface area contributed by atoms with Gasteiger partial charge in [0.15, 0.2) is 0 Å². The predicted octanol–water partition coefficient (Wildman–Crippen LogP) is 3.26. The summed E-state index contributed by atoms with van der Waals surface area (Å²) in [7, 11) is -0.203. The molecule has 0 unspecified atom stereocenters. The first-order chi connectivity index (χ1) is 16.7. The van der Waals surface area contributed by atoms with Crippen molar-refractivity contribution in [3.8, 4) is 0 Å². The SMILES string of the molecule is CCONC(=O)c1cnc(Nc2cnn(C)c2)cc1Nc1ccc(C2CC2)cc1N(C)S(C)(=O)=O. The van der Waals surface area contributed by atoms with E-state index in [0.717, 1.165) is 30.3 Å². The number of nitrogens with zero attached hydrogens (tertiary/aromatic N) is 4. The first-order valence-electron chi connectivity index (χ1n) is 11.2. The number of benzene rings is 1. The number of amides is 1. The Morgan fingerprint density at radius 3 is 2.60 bits per heavy atom. The van der Waals surface area contributed by atoms with E-state index in [1.807, 2.05) is 18.2 Å². The van der Waals surface area contributed by atoms with E-state index in [4.69, 9.17) is 4.84 Å². The van der Waals surface area contributed by atoms with Crippen molar-refractivity contribution < 1.29 is 18.0 Å². The molecule has 0 aliphatic heterocycles. The molecule has 12 heteroatoms. The average molecular weight is 500 g/mol.